The largest absolute Gasteiger partial charge is 0.381 e. The van der Waals surface area contributed by atoms with E-state index in [2.05, 4.69) is 6.92 Å². The minimum atomic E-state index is -0.281. The monoisotopic (exact) mass is 385 g/mol. The molecule has 0 aromatic heterocycles. The van der Waals surface area contributed by atoms with Crippen molar-refractivity contribution in [3.63, 3.8) is 0 Å². The van der Waals surface area contributed by atoms with Crippen LogP contribution in [0.5, 0.6) is 0 Å². The molecule has 5 unspecified atom stereocenters. The lowest BCUT2D eigenvalue weighted by atomic mass is 9.76. The van der Waals surface area contributed by atoms with Gasteiger partial charge < -0.3 is 9.47 Å². The molecule has 0 aromatic rings. The van der Waals surface area contributed by atoms with E-state index in [-0.39, 0.29) is 5.91 Å². The Morgan fingerprint density at radius 1 is 1.23 bits per heavy atom. The van der Waals surface area contributed by atoms with Gasteiger partial charge >= 0.3 is 0 Å². The zero-order chi connectivity index (χ0) is 18.4. The summed E-state index contributed by atoms with van der Waals surface area (Å²) in [7, 11) is 0. The number of ether oxygens (including phenoxy) is 2. The van der Waals surface area contributed by atoms with E-state index < -0.39 is 0 Å². The maximum atomic E-state index is 11.2. The first kappa shape index (κ1) is 20.4. The van der Waals surface area contributed by atoms with Crippen molar-refractivity contribution in [1.82, 2.24) is 5.48 Å². The number of nitrogens with one attached hydrogen (secondary N) is 1. The maximum absolute atomic E-state index is 11.2. The van der Waals surface area contributed by atoms with Crippen LogP contribution in [0, 0.1) is 17.8 Å². The standard InChI is InChI=1S/C20H35NO4S/c1-2-15(5-8-20(22)21-23)26-12-10-17-16(18-6-7-19(17)25-18)9-11-24-13-14-3-4-14/h14-19,23H,2-13H2,1H3,(H,21,22). The fraction of sp³-hybridized carbons (Fsp3) is 0.950. The quantitative estimate of drug-likeness (QED) is 0.287. The Balaban J connectivity index is 1.36. The fourth-order valence-corrected chi connectivity index (χ4v) is 5.81. The molecule has 26 heavy (non-hydrogen) atoms. The second-order valence-corrected chi connectivity index (χ2v) is 9.60. The van der Waals surface area contributed by atoms with Crippen LogP contribution in [-0.2, 0) is 14.3 Å². The zero-order valence-corrected chi connectivity index (χ0v) is 16.8. The van der Waals surface area contributed by atoms with Gasteiger partial charge in [-0.25, -0.2) is 5.48 Å². The van der Waals surface area contributed by atoms with Crippen LogP contribution in [0.1, 0.15) is 64.7 Å². The number of carbonyl (C=O) groups is 1. The van der Waals surface area contributed by atoms with Crippen LogP contribution in [0.4, 0.5) is 0 Å². The van der Waals surface area contributed by atoms with Gasteiger partial charge in [0.2, 0.25) is 5.91 Å². The molecule has 2 saturated heterocycles. The molecule has 1 amide bonds. The predicted octanol–water partition coefficient (Wildman–Crippen LogP) is 3.78. The summed E-state index contributed by atoms with van der Waals surface area (Å²) in [5.74, 6) is 3.06. The minimum absolute atomic E-state index is 0.281. The summed E-state index contributed by atoms with van der Waals surface area (Å²) in [6.45, 7) is 4.03. The van der Waals surface area contributed by atoms with E-state index in [1.165, 1.54) is 32.1 Å². The molecule has 2 aliphatic heterocycles. The predicted molar refractivity (Wildman–Crippen MR) is 103 cm³/mol. The van der Waals surface area contributed by atoms with Crippen molar-refractivity contribution in [3.05, 3.63) is 0 Å². The third-order valence-electron chi connectivity index (χ3n) is 6.31. The van der Waals surface area contributed by atoms with E-state index >= 15 is 0 Å². The normalized spacial score (nSPS) is 31.3. The van der Waals surface area contributed by atoms with E-state index in [0.717, 1.165) is 44.1 Å². The van der Waals surface area contributed by atoms with Gasteiger partial charge in [0.05, 0.1) is 12.2 Å². The maximum Gasteiger partial charge on any atom is 0.243 e. The van der Waals surface area contributed by atoms with Crippen molar-refractivity contribution in [1.29, 1.82) is 0 Å². The Bertz CT molecular complexity index is 446. The van der Waals surface area contributed by atoms with E-state index in [1.54, 1.807) is 5.48 Å². The molecular weight excluding hydrogens is 350 g/mol. The van der Waals surface area contributed by atoms with E-state index in [9.17, 15) is 4.79 Å². The van der Waals surface area contributed by atoms with Crippen LogP contribution >= 0.6 is 11.8 Å². The molecule has 0 spiro atoms. The topological polar surface area (TPSA) is 67.8 Å². The van der Waals surface area contributed by atoms with Crippen molar-refractivity contribution in [2.75, 3.05) is 19.0 Å². The smallest absolute Gasteiger partial charge is 0.243 e. The number of rotatable bonds is 13. The third kappa shape index (κ3) is 5.85. The lowest BCUT2D eigenvalue weighted by Crippen LogP contribution is -2.29. The van der Waals surface area contributed by atoms with Crippen LogP contribution < -0.4 is 5.48 Å². The Hall–Kier alpha value is -0.300. The first-order valence-electron chi connectivity index (χ1n) is 10.5. The van der Waals surface area contributed by atoms with Gasteiger partial charge in [0.1, 0.15) is 0 Å². The zero-order valence-electron chi connectivity index (χ0n) is 16.0. The summed E-state index contributed by atoms with van der Waals surface area (Å²) in [4.78, 5) is 11.2. The van der Waals surface area contributed by atoms with Crippen LogP contribution in [0.2, 0.25) is 0 Å². The summed E-state index contributed by atoms with van der Waals surface area (Å²) in [5.41, 5.74) is 1.73. The lowest BCUT2D eigenvalue weighted by Gasteiger charge is -2.28. The molecule has 6 heteroatoms. The number of hydrogen-bond donors (Lipinski definition) is 2. The van der Waals surface area contributed by atoms with Crippen LogP contribution in [0.15, 0.2) is 0 Å². The molecule has 2 N–H and O–H groups in total. The van der Waals surface area contributed by atoms with Crippen molar-refractivity contribution in [2.45, 2.75) is 82.2 Å². The van der Waals surface area contributed by atoms with Crippen molar-refractivity contribution in [3.8, 4) is 0 Å². The highest BCUT2D eigenvalue weighted by atomic mass is 32.2. The Labute approximate surface area is 161 Å². The molecule has 5 atom stereocenters. The summed E-state index contributed by atoms with van der Waals surface area (Å²) < 4.78 is 12.1. The average Bonchev–Trinajstić information content (AvgIpc) is 3.27. The Kier molecular flexibility index (Phi) is 8.10. The minimum Gasteiger partial charge on any atom is -0.381 e. The summed E-state index contributed by atoms with van der Waals surface area (Å²) in [6.07, 6.45) is 10.8. The highest BCUT2D eigenvalue weighted by molar-refractivity contribution is 7.99. The Morgan fingerprint density at radius 2 is 1.96 bits per heavy atom. The van der Waals surface area contributed by atoms with E-state index in [1.807, 2.05) is 11.8 Å². The molecule has 3 fully saturated rings. The van der Waals surface area contributed by atoms with Crippen LogP contribution in [0.25, 0.3) is 0 Å². The van der Waals surface area contributed by atoms with Gasteiger partial charge in [-0.1, -0.05) is 6.92 Å². The number of fused-ring (bicyclic) bond motifs is 2. The number of hydrogen-bond acceptors (Lipinski definition) is 5. The third-order valence-corrected chi connectivity index (χ3v) is 7.83. The summed E-state index contributed by atoms with van der Waals surface area (Å²) in [6, 6.07) is 0. The van der Waals surface area contributed by atoms with Gasteiger partial charge in [0.15, 0.2) is 0 Å². The molecule has 3 aliphatic rings. The van der Waals surface area contributed by atoms with Crippen LogP contribution in [0.3, 0.4) is 0 Å². The number of amides is 1. The SMILES string of the molecule is CCC(CCC(=O)NO)SCCC1C2CCC(O2)C1CCOCC1CC1. The number of hydroxylamine groups is 1. The first-order chi connectivity index (χ1) is 12.7. The second-order valence-electron chi connectivity index (χ2n) is 8.19. The highest BCUT2D eigenvalue weighted by Gasteiger charge is 2.47. The summed E-state index contributed by atoms with van der Waals surface area (Å²) >= 11 is 1.98. The lowest BCUT2D eigenvalue weighted by molar-refractivity contribution is -0.129. The fourth-order valence-electron chi connectivity index (χ4n) is 4.55. The van der Waals surface area contributed by atoms with Gasteiger partial charge in [-0.3, -0.25) is 10.0 Å². The van der Waals surface area contributed by atoms with Gasteiger partial charge in [0.25, 0.3) is 0 Å². The van der Waals surface area contributed by atoms with E-state index in [4.69, 9.17) is 14.7 Å². The van der Waals surface area contributed by atoms with Crippen molar-refractivity contribution in [2.24, 2.45) is 17.8 Å². The molecule has 2 heterocycles. The molecule has 1 saturated carbocycles. The Morgan fingerprint density at radius 3 is 2.62 bits per heavy atom. The van der Waals surface area contributed by atoms with Gasteiger partial charge in [0, 0.05) is 24.9 Å². The van der Waals surface area contributed by atoms with Gasteiger partial charge in [-0.15, -0.1) is 0 Å². The molecule has 3 rings (SSSR count). The highest BCUT2D eigenvalue weighted by Crippen LogP contribution is 2.47. The van der Waals surface area contributed by atoms with Crippen molar-refractivity contribution >= 4 is 17.7 Å². The summed E-state index contributed by atoms with van der Waals surface area (Å²) in [5, 5.41) is 9.11. The second kappa shape index (κ2) is 10.3. The molecule has 1 aliphatic carbocycles. The molecule has 150 valence electrons. The molecule has 0 radical (unpaired) electrons. The first-order valence-corrected chi connectivity index (χ1v) is 11.5. The molecule has 0 aromatic carbocycles. The molecular formula is C20H35NO4S. The van der Waals surface area contributed by atoms with Gasteiger partial charge in [-0.2, -0.15) is 11.8 Å². The number of carbonyl (C=O) groups excluding carboxylic acids is 1. The van der Waals surface area contributed by atoms with E-state index in [0.29, 0.717) is 35.7 Å². The number of thioether (sulfide) groups is 1. The molecule has 2 bridgehead atoms. The van der Waals surface area contributed by atoms with Gasteiger partial charge in [-0.05, 0) is 74.9 Å². The van der Waals surface area contributed by atoms with Crippen LogP contribution in [-0.4, -0.2) is 47.5 Å². The molecule has 5 nitrogen and oxygen atoms in total. The average molecular weight is 386 g/mol. The van der Waals surface area contributed by atoms with Crippen molar-refractivity contribution < 1.29 is 19.5 Å².